The Morgan fingerprint density at radius 3 is 2.92 bits per heavy atom. The molecule has 134 valence electrons. The van der Waals surface area contributed by atoms with Gasteiger partial charge in [0.1, 0.15) is 29.8 Å². The number of nitrogens with zero attached hydrogens (tertiary/aromatic N) is 5. The van der Waals surface area contributed by atoms with Gasteiger partial charge in [-0.15, -0.1) is 0 Å². The van der Waals surface area contributed by atoms with Crippen molar-refractivity contribution in [3.8, 4) is 0 Å². The van der Waals surface area contributed by atoms with Crippen LogP contribution in [0.5, 0.6) is 0 Å². The Balaban J connectivity index is 1.85. The van der Waals surface area contributed by atoms with E-state index in [1.165, 1.54) is 6.33 Å². The van der Waals surface area contributed by atoms with Crippen LogP contribution in [0.1, 0.15) is 18.5 Å². The molecular weight excluding hydrogens is 328 g/mol. The van der Waals surface area contributed by atoms with Crippen LogP contribution >= 0.6 is 0 Å². The third kappa shape index (κ3) is 2.08. The van der Waals surface area contributed by atoms with Crippen LogP contribution in [-0.2, 0) is 4.74 Å². The summed E-state index contributed by atoms with van der Waals surface area (Å²) in [4.78, 5) is 8.58. The maximum absolute atomic E-state index is 11.0. The van der Waals surface area contributed by atoms with Crippen LogP contribution in [0.3, 0.4) is 0 Å². The summed E-state index contributed by atoms with van der Waals surface area (Å²) < 4.78 is 7.08. The first-order valence-corrected chi connectivity index (χ1v) is 7.95. The molecule has 4 atom stereocenters. The van der Waals surface area contributed by atoms with Crippen LogP contribution in [0.15, 0.2) is 17.6 Å². The van der Waals surface area contributed by atoms with Gasteiger partial charge in [-0.1, -0.05) is 0 Å². The molecule has 2 aliphatic heterocycles. The minimum absolute atomic E-state index is 0.100. The smallest absolute Gasteiger partial charge is 0.162 e. The van der Waals surface area contributed by atoms with Gasteiger partial charge in [-0.25, -0.2) is 15.0 Å². The summed E-state index contributed by atoms with van der Waals surface area (Å²) in [6.45, 7) is 1.29. The third-order valence-electron chi connectivity index (χ3n) is 5.14. The maximum Gasteiger partial charge on any atom is 0.162 e. The minimum Gasteiger partial charge on any atom is -0.394 e. The van der Waals surface area contributed by atoms with E-state index in [1.807, 2.05) is 0 Å². The number of anilines is 1. The van der Waals surface area contributed by atoms with Gasteiger partial charge in [0.05, 0.1) is 24.6 Å². The Kier molecular flexibility index (Phi) is 3.48. The fourth-order valence-corrected chi connectivity index (χ4v) is 3.57. The molecule has 25 heavy (non-hydrogen) atoms. The van der Waals surface area contributed by atoms with Gasteiger partial charge in [-0.2, -0.15) is 5.10 Å². The highest BCUT2D eigenvalue weighted by Crippen LogP contribution is 2.39. The predicted octanol–water partition coefficient (Wildman–Crippen LogP) is -1.45. The Hall–Kier alpha value is -2.27. The zero-order valence-corrected chi connectivity index (χ0v) is 13.9. The summed E-state index contributed by atoms with van der Waals surface area (Å²) in [5.41, 5.74) is 5.71. The van der Waals surface area contributed by atoms with Crippen molar-refractivity contribution in [1.29, 1.82) is 0 Å². The highest BCUT2D eigenvalue weighted by molar-refractivity contribution is 6.13. The largest absolute Gasteiger partial charge is 0.394 e. The first kappa shape index (κ1) is 16.2. The van der Waals surface area contributed by atoms with Crippen molar-refractivity contribution in [2.45, 2.75) is 30.8 Å². The highest BCUT2D eigenvalue weighted by Gasteiger charge is 2.52. The minimum atomic E-state index is -1.58. The number of hydrogen-bond donors (Lipinski definition) is 4. The van der Waals surface area contributed by atoms with E-state index in [0.717, 1.165) is 5.39 Å². The number of ether oxygens (including phenoxy) is 1. The number of hydrazone groups is 1. The molecule has 10 nitrogen and oxygen atoms in total. The molecular formula is C15H20N6O4. The maximum atomic E-state index is 11.0. The molecule has 2 aromatic heterocycles. The van der Waals surface area contributed by atoms with Gasteiger partial charge in [0.25, 0.3) is 0 Å². The van der Waals surface area contributed by atoms with Gasteiger partial charge < -0.3 is 30.4 Å². The molecule has 1 saturated heterocycles. The van der Waals surface area contributed by atoms with Crippen LogP contribution < -0.4 is 10.7 Å². The van der Waals surface area contributed by atoms with Gasteiger partial charge in [-0.05, 0) is 6.92 Å². The molecule has 2 aromatic rings. The van der Waals surface area contributed by atoms with E-state index in [1.54, 1.807) is 29.7 Å². The lowest BCUT2D eigenvalue weighted by molar-refractivity contribution is -0.0825. The van der Waals surface area contributed by atoms with E-state index < -0.39 is 23.9 Å². The average Bonchev–Trinajstić information content (AvgIpc) is 3.13. The topological polar surface area (TPSA) is 142 Å². The quantitative estimate of drug-likeness (QED) is 0.527. The van der Waals surface area contributed by atoms with Gasteiger partial charge in [0.2, 0.25) is 0 Å². The van der Waals surface area contributed by atoms with Crippen LogP contribution in [0, 0.1) is 0 Å². The summed E-state index contributed by atoms with van der Waals surface area (Å²) in [6, 6.07) is -0.589. The summed E-state index contributed by atoms with van der Waals surface area (Å²) >= 11 is 0. The number of aliphatic hydroxyl groups is 3. The Morgan fingerprint density at radius 1 is 1.48 bits per heavy atom. The van der Waals surface area contributed by atoms with Gasteiger partial charge >= 0.3 is 0 Å². The van der Waals surface area contributed by atoms with Crippen molar-refractivity contribution in [3.05, 3.63) is 18.1 Å². The zero-order valence-electron chi connectivity index (χ0n) is 13.9. The van der Waals surface area contributed by atoms with Crippen molar-refractivity contribution >= 4 is 22.7 Å². The molecule has 0 spiro atoms. The molecule has 4 unspecified atom stereocenters. The summed E-state index contributed by atoms with van der Waals surface area (Å²) in [6.07, 6.45) is 1.11. The molecule has 5 N–H and O–H groups in total. The van der Waals surface area contributed by atoms with Crippen molar-refractivity contribution < 1.29 is 20.1 Å². The molecule has 0 aromatic carbocycles. The molecule has 10 heteroatoms. The van der Waals surface area contributed by atoms with Gasteiger partial charge in [0.15, 0.2) is 11.7 Å². The fourth-order valence-electron chi connectivity index (χ4n) is 3.57. The Labute approximate surface area is 143 Å². The van der Waals surface area contributed by atoms with Crippen LogP contribution in [0.25, 0.3) is 11.0 Å². The van der Waals surface area contributed by atoms with Crippen molar-refractivity contribution in [2.75, 3.05) is 25.3 Å². The van der Waals surface area contributed by atoms with Crippen molar-refractivity contribution in [2.24, 2.45) is 10.8 Å². The Morgan fingerprint density at radius 2 is 2.24 bits per heavy atom. The number of amidine groups is 1. The van der Waals surface area contributed by atoms with Crippen molar-refractivity contribution in [3.63, 3.8) is 0 Å². The predicted molar refractivity (Wildman–Crippen MR) is 89.1 cm³/mol. The van der Waals surface area contributed by atoms with Crippen LogP contribution in [0.4, 0.5) is 5.82 Å². The summed E-state index contributed by atoms with van der Waals surface area (Å²) in [7, 11) is 1.74. The summed E-state index contributed by atoms with van der Waals surface area (Å²) in [5, 5.41) is 37.2. The van der Waals surface area contributed by atoms with E-state index in [2.05, 4.69) is 15.1 Å². The van der Waals surface area contributed by atoms with E-state index >= 15 is 0 Å². The van der Waals surface area contributed by atoms with Crippen LogP contribution in [0.2, 0.25) is 0 Å². The standard InChI is InChI=1S/C15H20N6O4/c1-7(15(24)5-25-9(4-22)11(15)23)21-3-8-10-13(17-6-18-14(10)21)20(2)19-12(8)16/h3,6-7,9,11,22-24H,4-5H2,1-2H3,(H2,16,19). The van der Waals surface area contributed by atoms with E-state index in [9.17, 15) is 15.3 Å². The fraction of sp³-hybridized carbons (Fsp3) is 0.533. The zero-order chi connectivity index (χ0) is 17.9. The molecule has 4 heterocycles. The third-order valence-corrected chi connectivity index (χ3v) is 5.14. The lowest BCUT2D eigenvalue weighted by atomic mass is 9.89. The van der Waals surface area contributed by atoms with E-state index in [-0.39, 0.29) is 13.2 Å². The molecule has 0 aliphatic carbocycles. The second kappa shape index (κ2) is 5.36. The molecule has 0 amide bonds. The van der Waals surface area contributed by atoms with Crippen LogP contribution in [-0.4, -0.2) is 73.8 Å². The molecule has 0 radical (unpaired) electrons. The SMILES string of the molecule is CC(n1cc2c3c(ncnc31)N(C)N=C2N)C1(O)COC(CO)C1O. The normalized spacial score (nSPS) is 30.0. The summed E-state index contributed by atoms with van der Waals surface area (Å²) in [5.74, 6) is 0.938. The number of rotatable bonds is 3. The highest BCUT2D eigenvalue weighted by atomic mass is 16.5. The molecule has 0 saturated carbocycles. The second-order valence-corrected chi connectivity index (χ2v) is 6.50. The second-order valence-electron chi connectivity index (χ2n) is 6.50. The average molecular weight is 348 g/mol. The lowest BCUT2D eigenvalue weighted by Gasteiger charge is -2.33. The first-order chi connectivity index (χ1) is 11.9. The number of aromatic nitrogens is 3. The van der Waals surface area contributed by atoms with Gasteiger partial charge in [-0.3, -0.25) is 0 Å². The molecule has 4 rings (SSSR count). The number of aliphatic hydroxyl groups excluding tert-OH is 2. The number of nitrogens with two attached hydrogens (primary N) is 1. The lowest BCUT2D eigenvalue weighted by Crippen LogP contribution is -2.50. The van der Waals surface area contributed by atoms with Crippen molar-refractivity contribution in [1.82, 2.24) is 14.5 Å². The number of hydrogen-bond acceptors (Lipinski definition) is 9. The monoisotopic (exact) mass is 348 g/mol. The molecule has 2 aliphatic rings. The molecule has 1 fully saturated rings. The molecule has 0 bridgehead atoms. The Bertz CT molecular complexity index is 867. The van der Waals surface area contributed by atoms with Gasteiger partial charge in [0, 0.05) is 18.8 Å². The van der Waals surface area contributed by atoms with E-state index in [4.69, 9.17) is 10.5 Å². The van der Waals surface area contributed by atoms with E-state index in [0.29, 0.717) is 22.9 Å². The first-order valence-electron chi connectivity index (χ1n) is 7.95.